The Hall–Kier alpha value is -1.26. The van der Waals surface area contributed by atoms with Crippen LogP contribution in [0.4, 0.5) is 4.79 Å². The van der Waals surface area contributed by atoms with Gasteiger partial charge in [-0.25, -0.2) is 4.79 Å². The Bertz CT molecular complexity index is 264. The summed E-state index contributed by atoms with van der Waals surface area (Å²) >= 11 is 0. The van der Waals surface area contributed by atoms with E-state index in [0.29, 0.717) is 32.6 Å². The van der Waals surface area contributed by atoms with Crippen molar-refractivity contribution in [2.75, 3.05) is 26.2 Å². The average molecular weight is 228 g/mol. The fourth-order valence-corrected chi connectivity index (χ4v) is 2.05. The summed E-state index contributed by atoms with van der Waals surface area (Å²) in [6, 6.07) is -0.0315. The van der Waals surface area contributed by atoms with Crippen molar-refractivity contribution in [3.05, 3.63) is 0 Å². The molecule has 0 aliphatic carbocycles. The third kappa shape index (κ3) is 2.87. The van der Waals surface area contributed by atoms with Gasteiger partial charge in [0, 0.05) is 26.2 Å². The molecule has 0 radical (unpaired) electrons. The summed E-state index contributed by atoms with van der Waals surface area (Å²) in [5.74, 6) is -1.19. The third-order valence-electron chi connectivity index (χ3n) is 3.08. The van der Waals surface area contributed by atoms with Gasteiger partial charge in [-0.3, -0.25) is 4.79 Å². The maximum absolute atomic E-state index is 12.0. The van der Waals surface area contributed by atoms with E-state index in [4.69, 9.17) is 5.11 Å². The Morgan fingerprint density at radius 3 is 2.50 bits per heavy atom. The second-order valence-corrected chi connectivity index (χ2v) is 4.08. The van der Waals surface area contributed by atoms with Gasteiger partial charge in [-0.2, -0.15) is 0 Å². The number of hydrogen-bond donors (Lipinski definition) is 1. The first-order valence-electron chi connectivity index (χ1n) is 5.86. The molecular formula is C11H20N2O3. The highest BCUT2D eigenvalue weighted by Gasteiger charge is 2.29. The number of urea groups is 1. The van der Waals surface area contributed by atoms with Crippen LogP contribution < -0.4 is 0 Å². The molecule has 16 heavy (non-hydrogen) atoms. The van der Waals surface area contributed by atoms with Crippen molar-refractivity contribution in [2.24, 2.45) is 5.92 Å². The van der Waals surface area contributed by atoms with Crippen molar-refractivity contribution in [3.63, 3.8) is 0 Å². The summed E-state index contributed by atoms with van der Waals surface area (Å²) in [6.45, 7) is 6.23. The number of likely N-dealkylation sites (tertiary alicyclic amines) is 1. The van der Waals surface area contributed by atoms with Gasteiger partial charge in [0.05, 0.1) is 5.92 Å². The zero-order chi connectivity index (χ0) is 12.1. The molecule has 0 aromatic rings. The first-order valence-corrected chi connectivity index (χ1v) is 5.86. The molecule has 1 unspecified atom stereocenters. The predicted octanol–water partition coefficient (Wildman–Crippen LogP) is 1.24. The summed E-state index contributed by atoms with van der Waals surface area (Å²) in [5, 5.41) is 8.94. The standard InChI is InChI=1S/C11H20N2O3/c1-3-12(4-2)11(16)13-7-5-6-9(8-13)10(14)15/h9H,3-8H2,1-2H3,(H,14,15). The Morgan fingerprint density at radius 1 is 1.38 bits per heavy atom. The molecule has 92 valence electrons. The molecule has 5 nitrogen and oxygen atoms in total. The largest absolute Gasteiger partial charge is 0.481 e. The van der Waals surface area contributed by atoms with Gasteiger partial charge in [0.1, 0.15) is 0 Å². The number of nitrogens with zero attached hydrogens (tertiary/aromatic N) is 2. The molecule has 0 bridgehead atoms. The van der Waals surface area contributed by atoms with Gasteiger partial charge in [-0.15, -0.1) is 0 Å². The lowest BCUT2D eigenvalue weighted by molar-refractivity contribution is -0.143. The summed E-state index contributed by atoms with van der Waals surface area (Å²) in [7, 11) is 0. The lowest BCUT2D eigenvalue weighted by atomic mass is 9.99. The SMILES string of the molecule is CCN(CC)C(=O)N1CCCC(C(=O)O)C1. The third-order valence-corrected chi connectivity index (χ3v) is 3.08. The minimum atomic E-state index is -0.794. The van der Waals surface area contributed by atoms with E-state index in [-0.39, 0.29) is 6.03 Å². The molecule has 5 heteroatoms. The molecule has 1 atom stereocenters. The number of carboxylic acids is 1. The Kier molecular flexibility index (Phi) is 4.58. The first kappa shape index (κ1) is 12.8. The second-order valence-electron chi connectivity index (χ2n) is 4.08. The van der Waals surface area contributed by atoms with Crippen LogP contribution in [0, 0.1) is 5.92 Å². The van der Waals surface area contributed by atoms with Crippen LogP contribution in [0.1, 0.15) is 26.7 Å². The fourth-order valence-electron chi connectivity index (χ4n) is 2.05. The number of carbonyl (C=O) groups is 2. The van der Waals surface area contributed by atoms with Crippen LogP contribution in [-0.4, -0.2) is 53.1 Å². The molecule has 1 N–H and O–H groups in total. The van der Waals surface area contributed by atoms with Crippen LogP contribution in [0.3, 0.4) is 0 Å². The summed E-state index contributed by atoms with van der Waals surface area (Å²) < 4.78 is 0. The average Bonchev–Trinajstić information content (AvgIpc) is 2.30. The highest BCUT2D eigenvalue weighted by Crippen LogP contribution is 2.17. The minimum Gasteiger partial charge on any atom is -0.481 e. The Morgan fingerprint density at radius 2 is 2.00 bits per heavy atom. The maximum atomic E-state index is 12.0. The topological polar surface area (TPSA) is 60.9 Å². The van der Waals surface area contributed by atoms with Crippen molar-refractivity contribution < 1.29 is 14.7 Å². The van der Waals surface area contributed by atoms with E-state index in [9.17, 15) is 9.59 Å². The lowest BCUT2D eigenvalue weighted by Crippen LogP contribution is -2.48. The molecule has 1 saturated heterocycles. The van der Waals surface area contributed by atoms with E-state index in [2.05, 4.69) is 0 Å². The van der Waals surface area contributed by atoms with Crippen LogP contribution in [0.5, 0.6) is 0 Å². The maximum Gasteiger partial charge on any atom is 0.320 e. The number of amides is 2. The monoisotopic (exact) mass is 228 g/mol. The molecule has 0 aromatic carbocycles. The van der Waals surface area contributed by atoms with Gasteiger partial charge in [0.25, 0.3) is 0 Å². The Labute approximate surface area is 96.0 Å². The van der Waals surface area contributed by atoms with E-state index in [0.717, 1.165) is 6.42 Å². The molecule has 2 amide bonds. The number of carboxylic acid groups (broad SMARTS) is 1. The van der Waals surface area contributed by atoms with Crippen molar-refractivity contribution in [3.8, 4) is 0 Å². The van der Waals surface area contributed by atoms with Gasteiger partial charge in [-0.05, 0) is 26.7 Å². The second kappa shape index (κ2) is 5.72. The van der Waals surface area contributed by atoms with E-state index in [1.54, 1.807) is 9.80 Å². The molecule has 0 saturated carbocycles. The number of aliphatic carboxylic acids is 1. The van der Waals surface area contributed by atoms with Gasteiger partial charge in [0.2, 0.25) is 0 Å². The molecule has 0 spiro atoms. The Balaban J connectivity index is 2.59. The van der Waals surface area contributed by atoms with Crippen molar-refractivity contribution in [1.82, 2.24) is 9.80 Å². The molecule has 0 aromatic heterocycles. The lowest BCUT2D eigenvalue weighted by Gasteiger charge is -2.34. The van der Waals surface area contributed by atoms with Crippen LogP contribution >= 0.6 is 0 Å². The van der Waals surface area contributed by atoms with E-state index >= 15 is 0 Å². The highest BCUT2D eigenvalue weighted by molar-refractivity contribution is 5.76. The number of rotatable bonds is 3. The number of hydrogen-bond acceptors (Lipinski definition) is 2. The number of carbonyl (C=O) groups excluding carboxylic acids is 1. The summed E-state index contributed by atoms with van der Waals surface area (Å²) in [5.41, 5.74) is 0. The van der Waals surface area contributed by atoms with E-state index in [1.807, 2.05) is 13.8 Å². The summed E-state index contributed by atoms with van der Waals surface area (Å²) in [6.07, 6.45) is 1.46. The summed E-state index contributed by atoms with van der Waals surface area (Å²) in [4.78, 5) is 26.3. The van der Waals surface area contributed by atoms with E-state index < -0.39 is 11.9 Å². The fraction of sp³-hybridized carbons (Fsp3) is 0.818. The zero-order valence-corrected chi connectivity index (χ0v) is 9.98. The van der Waals surface area contributed by atoms with Gasteiger partial charge < -0.3 is 14.9 Å². The molecule has 1 rings (SSSR count). The minimum absolute atomic E-state index is 0.0315. The highest BCUT2D eigenvalue weighted by atomic mass is 16.4. The van der Waals surface area contributed by atoms with Crippen molar-refractivity contribution in [2.45, 2.75) is 26.7 Å². The molecule has 1 fully saturated rings. The van der Waals surface area contributed by atoms with Crippen LogP contribution in [-0.2, 0) is 4.79 Å². The number of piperidine rings is 1. The van der Waals surface area contributed by atoms with Gasteiger partial charge >= 0.3 is 12.0 Å². The normalized spacial score (nSPS) is 20.6. The molecule has 1 heterocycles. The van der Waals surface area contributed by atoms with E-state index in [1.165, 1.54) is 0 Å². The van der Waals surface area contributed by atoms with Crippen LogP contribution in [0.2, 0.25) is 0 Å². The molecule has 1 aliphatic heterocycles. The zero-order valence-electron chi connectivity index (χ0n) is 9.98. The van der Waals surface area contributed by atoms with Crippen LogP contribution in [0.25, 0.3) is 0 Å². The molecule has 1 aliphatic rings. The van der Waals surface area contributed by atoms with Crippen LogP contribution in [0.15, 0.2) is 0 Å². The quantitative estimate of drug-likeness (QED) is 0.790. The first-order chi connectivity index (χ1) is 7.60. The smallest absolute Gasteiger partial charge is 0.320 e. The predicted molar refractivity (Wildman–Crippen MR) is 60.2 cm³/mol. The van der Waals surface area contributed by atoms with Crippen molar-refractivity contribution >= 4 is 12.0 Å². The van der Waals surface area contributed by atoms with Gasteiger partial charge in [-0.1, -0.05) is 0 Å². The van der Waals surface area contributed by atoms with Crippen molar-refractivity contribution in [1.29, 1.82) is 0 Å². The van der Waals surface area contributed by atoms with Gasteiger partial charge in [0.15, 0.2) is 0 Å². The molecular weight excluding hydrogens is 208 g/mol.